The number of hydrogen-bond acceptors (Lipinski definition) is 3. The van der Waals surface area contributed by atoms with Crippen LogP contribution in [0.15, 0.2) is 21.1 Å². The van der Waals surface area contributed by atoms with Crippen molar-refractivity contribution in [2.45, 2.75) is 38.6 Å². The van der Waals surface area contributed by atoms with E-state index in [1.54, 1.807) is 0 Å². The molecule has 0 amide bonds. The summed E-state index contributed by atoms with van der Waals surface area (Å²) in [5.41, 5.74) is 3.16. The number of rotatable bonds is 3. The molecule has 4 nitrogen and oxygen atoms in total. The second-order valence-corrected chi connectivity index (χ2v) is 8.32. The van der Waals surface area contributed by atoms with E-state index in [0.717, 1.165) is 52.4 Å². The van der Waals surface area contributed by atoms with E-state index in [0.29, 0.717) is 6.61 Å². The largest absolute Gasteiger partial charge is 0.466 e. The van der Waals surface area contributed by atoms with Gasteiger partial charge < -0.3 is 15.0 Å². The molecule has 1 unspecified atom stereocenters. The molecular weight excluding hydrogens is 471 g/mol. The fourth-order valence-electron chi connectivity index (χ4n) is 4.17. The van der Waals surface area contributed by atoms with Crippen LogP contribution in [0.25, 0.3) is 10.9 Å². The van der Waals surface area contributed by atoms with Crippen molar-refractivity contribution in [3.8, 4) is 0 Å². The Morgan fingerprint density at radius 2 is 2.12 bits per heavy atom. The van der Waals surface area contributed by atoms with Crippen molar-refractivity contribution < 1.29 is 9.53 Å². The van der Waals surface area contributed by atoms with Crippen LogP contribution in [0.2, 0.25) is 0 Å². The summed E-state index contributed by atoms with van der Waals surface area (Å²) in [7, 11) is 0. The zero-order valence-electron chi connectivity index (χ0n) is 14.0. The molecule has 7 heteroatoms. The van der Waals surface area contributed by atoms with Crippen LogP contribution in [0, 0.1) is 5.41 Å². The van der Waals surface area contributed by atoms with Crippen LogP contribution in [-0.4, -0.2) is 24.1 Å². The predicted octanol–water partition coefficient (Wildman–Crippen LogP) is 5.03. The number of aromatic amines is 1. The third kappa shape index (κ3) is 2.85. The molecule has 0 bridgehead atoms. The molecule has 1 saturated carbocycles. The van der Waals surface area contributed by atoms with Gasteiger partial charge in [0.2, 0.25) is 0 Å². The summed E-state index contributed by atoms with van der Waals surface area (Å²) < 4.78 is 7.56. The highest BCUT2D eigenvalue weighted by Gasteiger charge is 2.53. The van der Waals surface area contributed by atoms with E-state index in [4.69, 9.17) is 4.74 Å². The van der Waals surface area contributed by atoms with E-state index in [2.05, 4.69) is 48.2 Å². The minimum atomic E-state index is -0.421. The lowest BCUT2D eigenvalue weighted by molar-refractivity contribution is -0.164. The Labute approximate surface area is 170 Å². The predicted molar refractivity (Wildman–Crippen MR) is 108 cm³/mol. The van der Waals surface area contributed by atoms with Gasteiger partial charge in [-0.15, -0.1) is 12.4 Å². The second kappa shape index (κ2) is 7.22. The Hall–Kier alpha value is -0.560. The summed E-state index contributed by atoms with van der Waals surface area (Å²) in [6, 6.07) is 4.14. The Morgan fingerprint density at radius 1 is 1.36 bits per heavy atom. The van der Waals surface area contributed by atoms with E-state index < -0.39 is 5.41 Å². The molecule has 1 fully saturated rings. The zero-order valence-corrected chi connectivity index (χ0v) is 17.9. The van der Waals surface area contributed by atoms with Crippen molar-refractivity contribution in [3.63, 3.8) is 0 Å². The van der Waals surface area contributed by atoms with Crippen LogP contribution >= 0.6 is 44.3 Å². The molecule has 0 radical (unpaired) electrons. The number of nitrogens with one attached hydrogen (secondary N) is 2. The first-order chi connectivity index (χ1) is 11.6. The zero-order chi connectivity index (χ0) is 16.9. The van der Waals surface area contributed by atoms with Crippen molar-refractivity contribution in [1.82, 2.24) is 10.3 Å². The van der Waals surface area contributed by atoms with Gasteiger partial charge in [0.05, 0.1) is 18.1 Å². The molecule has 1 aliphatic heterocycles. The summed E-state index contributed by atoms with van der Waals surface area (Å²) >= 11 is 7.32. The minimum Gasteiger partial charge on any atom is -0.466 e. The number of ether oxygens (including phenoxy) is 1. The van der Waals surface area contributed by atoms with E-state index in [9.17, 15) is 4.79 Å². The molecule has 2 aromatic rings. The van der Waals surface area contributed by atoms with Gasteiger partial charge in [-0.1, -0.05) is 6.42 Å². The number of fused-ring (bicyclic) bond motifs is 3. The second-order valence-electron chi connectivity index (χ2n) is 6.67. The Balaban J connectivity index is 0.00000182. The molecule has 1 aliphatic carbocycles. The van der Waals surface area contributed by atoms with Crippen molar-refractivity contribution in [3.05, 3.63) is 32.3 Å². The highest BCUT2D eigenvalue weighted by molar-refractivity contribution is 9.13. The van der Waals surface area contributed by atoms with Crippen LogP contribution in [0.1, 0.15) is 43.5 Å². The average molecular weight is 493 g/mol. The number of hydrogen-bond donors (Lipinski definition) is 2. The van der Waals surface area contributed by atoms with Crippen LogP contribution in [0.3, 0.4) is 0 Å². The molecular formula is C18H21Br2ClN2O2. The van der Waals surface area contributed by atoms with Gasteiger partial charge in [-0.25, -0.2) is 0 Å². The first-order valence-electron chi connectivity index (χ1n) is 8.47. The molecule has 1 atom stereocenters. The quantitative estimate of drug-likeness (QED) is 0.591. The summed E-state index contributed by atoms with van der Waals surface area (Å²) in [6.45, 7) is 3.19. The SMILES string of the molecule is CCOC(=O)C1(C2NCCc3c2[nH]c2ccc(Br)c(Br)c32)CCC1.Cl. The van der Waals surface area contributed by atoms with Crippen molar-refractivity contribution in [2.24, 2.45) is 5.41 Å². The lowest BCUT2D eigenvalue weighted by Crippen LogP contribution is -2.51. The maximum absolute atomic E-state index is 12.7. The third-order valence-corrected chi connectivity index (χ3v) is 7.50. The maximum atomic E-state index is 12.7. The average Bonchev–Trinajstić information content (AvgIpc) is 2.90. The minimum absolute atomic E-state index is 0. The highest BCUT2D eigenvalue weighted by Crippen LogP contribution is 2.53. The van der Waals surface area contributed by atoms with Crippen molar-refractivity contribution in [1.29, 1.82) is 0 Å². The number of benzene rings is 1. The fraction of sp³-hybridized carbons (Fsp3) is 0.500. The maximum Gasteiger partial charge on any atom is 0.314 e. The molecule has 0 saturated heterocycles. The summed E-state index contributed by atoms with van der Waals surface area (Å²) in [5.74, 6) is -0.0551. The summed E-state index contributed by atoms with van der Waals surface area (Å²) in [6.07, 6.45) is 3.83. The lowest BCUT2D eigenvalue weighted by atomic mass is 9.62. The van der Waals surface area contributed by atoms with Crippen LogP contribution in [0.5, 0.6) is 0 Å². The Bertz CT molecular complexity index is 817. The number of carbonyl (C=O) groups is 1. The Morgan fingerprint density at radius 3 is 2.76 bits per heavy atom. The van der Waals surface area contributed by atoms with Gasteiger partial charge in [0, 0.05) is 25.5 Å². The van der Waals surface area contributed by atoms with E-state index in [-0.39, 0.29) is 24.4 Å². The fourth-order valence-corrected chi connectivity index (χ4v) is 5.08. The van der Waals surface area contributed by atoms with Gasteiger partial charge >= 0.3 is 5.97 Å². The van der Waals surface area contributed by atoms with Gasteiger partial charge in [0.25, 0.3) is 0 Å². The topological polar surface area (TPSA) is 54.1 Å². The van der Waals surface area contributed by atoms with Gasteiger partial charge in [-0.2, -0.15) is 0 Å². The van der Waals surface area contributed by atoms with E-state index in [1.165, 1.54) is 10.9 Å². The van der Waals surface area contributed by atoms with Crippen LogP contribution in [-0.2, 0) is 16.0 Å². The summed E-state index contributed by atoms with van der Waals surface area (Å²) in [5, 5.41) is 4.82. The third-order valence-electron chi connectivity index (χ3n) is 5.48. The molecule has 2 N–H and O–H groups in total. The number of esters is 1. The van der Waals surface area contributed by atoms with E-state index >= 15 is 0 Å². The van der Waals surface area contributed by atoms with Gasteiger partial charge in [-0.3, -0.25) is 4.79 Å². The summed E-state index contributed by atoms with van der Waals surface area (Å²) in [4.78, 5) is 16.3. The van der Waals surface area contributed by atoms with Crippen LogP contribution in [0.4, 0.5) is 0 Å². The molecule has 0 spiro atoms. The lowest BCUT2D eigenvalue weighted by Gasteiger charge is -2.46. The van der Waals surface area contributed by atoms with Gasteiger partial charge in [0.15, 0.2) is 0 Å². The molecule has 25 heavy (non-hydrogen) atoms. The van der Waals surface area contributed by atoms with Gasteiger partial charge in [-0.05, 0) is 82.3 Å². The molecule has 1 aromatic carbocycles. The smallest absolute Gasteiger partial charge is 0.314 e. The number of aromatic nitrogens is 1. The first kappa shape index (κ1) is 19.2. The molecule has 1 aromatic heterocycles. The molecule has 4 rings (SSSR count). The number of carbonyl (C=O) groups excluding carboxylic acids is 1. The van der Waals surface area contributed by atoms with Crippen molar-refractivity contribution in [2.75, 3.05) is 13.2 Å². The number of H-pyrrole nitrogens is 1. The molecule has 2 aliphatic rings. The Kier molecular flexibility index (Phi) is 5.55. The van der Waals surface area contributed by atoms with Crippen molar-refractivity contribution >= 4 is 61.1 Å². The molecule has 136 valence electrons. The normalized spacial score (nSPS) is 21.2. The van der Waals surface area contributed by atoms with Crippen LogP contribution < -0.4 is 5.32 Å². The number of halogens is 3. The molecule has 2 heterocycles. The first-order valence-corrected chi connectivity index (χ1v) is 10.1. The standard InChI is InChI=1S/C18H20Br2N2O2.ClH/c1-2-24-17(23)18(7-3-8-18)16-15-10(6-9-21-16)13-12(22-15)5-4-11(19)14(13)20;/h4-5,16,21-22H,2-3,6-9H2,1H3;1H. The monoisotopic (exact) mass is 490 g/mol. The van der Waals surface area contributed by atoms with E-state index in [1.807, 2.05) is 13.0 Å². The highest BCUT2D eigenvalue weighted by atomic mass is 79.9. The van der Waals surface area contributed by atoms with Gasteiger partial charge in [0.1, 0.15) is 0 Å².